The van der Waals surface area contributed by atoms with Gasteiger partial charge in [-0.15, -0.1) is 0 Å². The van der Waals surface area contributed by atoms with Crippen molar-refractivity contribution in [1.29, 1.82) is 5.26 Å². The maximum absolute atomic E-state index is 7.78. The third-order valence-electron chi connectivity index (χ3n) is 0.194. The SMILES string of the molecule is N#CC=COI. The summed E-state index contributed by atoms with van der Waals surface area (Å²) in [5, 5.41) is 7.78. The first-order valence-electron chi connectivity index (χ1n) is 1.24. The number of rotatable bonds is 1. The fraction of sp³-hybridized carbons (Fsp3) is 0. The predicted octanol–water partition coefficient (Wildman–Crippen LogP) is 1.39. The third-order valence-corrected chi connectivity index (χ3v) is 0.488. The van der Waals surface area contributed by atoms with Gasteiger partial charge in [-0.25, -0.2) is 0 Å². The number of nitriles is 1. The number of halogens is 1. The van der Waals surface area contributed by atoms with E-state index in [0.717, 1.165) is 0 Å². The molecule has 6 heavy (non-hydrogen) atoms. The first-order valence-corrected chi connectivity index (χ1v) is 2.12. The Morgan fingerprint density at radius 2 is 2.50 bits per heavy atom. The van der Waals surface area contributed by atoms with Crippen LogP contribution < -0.4 is 0 Å². The first-order chi connectivity index (χ1) is 2.91. The van der Waals surface area contributed by atoms with Crippen LogP contribution >= 0.6 is 23.0 Å². The van der Waals surface area contributed by atoms with Gasteiger partial charge in [0.2, 0.25) is 0 Å². The highest BCUT2D eigenvalue weighted by atomic mass is 127. The summed E-state index contributed by atoms with van der Waals surface area (Å²) >= 11 is 1.67. The summed E-state index contributed by atoms with van der Waals surface area (Å²) in [6.07, 6.45) is 2.56. The van der Waals surface area contributed by atoms with Gasteiger partial charge in [0.1, 0.15) is 6.26 Å². The quantitative estimate of drug-likeness (QED) is 0.359. The summed E-state index contributed by atoms with van der Waals surface area (Å²) < 4.78 is 4.35. The van der Waals surface area contributed by atoms with Gasteiger partial charge in [0.15, 0.2) is 23.0 Å². The molecular weight excluding hydrogens is 193 g/mol. The van der Waals surface area contributed by atoms with Crippen molar-refractivity contribution in [3.8, 4) is 6.07 Å². The number of hydrogen-bond acceptors (Lipinski definition) is 2. The van der Waals surface area contributed by atoms with Crippen molar-refractivity contribution >= 4 is 23.0 Å². The molecular formula is C3H2INO. The minimum atomic E-state index is 1.26. The second kappa shape index (κ2) is 4.76. The molecule has 0 aromatic heterocycles. The first kappa shape index (κ1) is 5.76. The van der Waals surface area contributed by atoms with Crippen LogP contribution in [0.15, 0.2) is 12.3 Å². The standard InChI is InChI=1S/C3H2INO/c4-6-3-1-2-5/h1,3H. The molecule has 0 amide bonds. The van der Waals surface area contributed by atoms with Gasteiger partial charge in [0.25, 0.3) is 0 Å². The van der Waals surface area contributed by atoms with E-state index < -0.39 is 0 Å². The van der Waals surface area contributed by atoms with Gasteiger partial charge in [-0.1, -0.05) is 0 Å². The Bertz CT molecular complexity index is 83.3. The van der Waals surface area contributed by atoms with Crippen LogP contribution in [0.4, 0.5) is 0 Å². The fourth-order valence-corrected chi connectivity index (χ4v) is 0.203. The Labute approximate surface area is 50.1 Å². The molecule has 0 aromatic carbocycles. The molecule has 0 N–H and O–H groups in total. The lowest BCUT2D eigenvalue weighted by Gasteiger charge is -1.70. The molecule has 0 heterocycles. The van der Waals surface area contributed by atoms with E-state index in [1.807, 2.05) is 0 Å². The normalized spacial score (nSPS) is 8.00. The monoisotopic (exact) mass is 195 g/mol. The molecule has 0 fully saturated rings. The van der Waals surface area contributed by atoms with Gasteiger partial charge in [-0.3, -0.25) is 0 Å². The molecule has 3 heteroatoms. The van der Waals surface area contributed by atoms with Crippen LogP contribution in [0.3, 0.4) is 0 Å². The molecule has 0 spiro atoms. The average Bonchev–Trinajstić information content (AvgIpc) is 1.61. The Morgan fingerprint density at radius 3 is 2.67 bits per heavy atom. The fourth-order valence-electron chi connectivity index (χ4n) is 0.0561. The number of hydrogen-bond donors (Lipinski definition) is 0. The highest BCUT2D eigenvalue weighted by molar-refractivity contribution is 14.1. The van der Waals surface area contributed by atoms with Crippen LogP contribution in [0.1, 0.15) is 0 Å². The van der Waals surface area contributed by atoms with Crippen LogP contribution in [0.2, 0.25) is 0 Å². The van der Waals surface area contributed by atoms with Crippen molar-refractivity contribution in [3.63, 3.8) is 0 Å². The summed E-state index contributed by atoms with van der Waals surface area (Å²) in [6, 6.07) is 1.76. The molecule has 0 aliphatic carbocycles. The second-order valence-corrected chi connectivity index (χ2v) is 1.03. The zero-order chi connectivity index (χ0) is 4.83. The summed E-state index contributed by atoms with van der Waals surface area (Å²) in [7, 11) is 0. The van der Waals surface area contributed by atoms with E-state index in [1.165, 1.54) is 12.3 Å². The lowest BCUT2D eigenvalue weighted by Crippen LogP contribution is -1.47. The minimum Gasteiger partial charge on any atom is -0.435 e. The van der Waals surface area contributed by atoms with Gasteiger partial charge in [-0.2, -0.15) is 5.26 Å². The molecule has 0 aliphatic heterocycles. The molecule has 32 valence electrons. The van der Waals surface area contributed by atoms with Crippen molar-refractivity contribution < 1.29 is 3.07 Å². The van der Waals surface area contributed by atoms with Gasteiger partial charge in [0.05, 0.1) is 12.1 Å². The van der Waals surface area contributed by atoms with Gasteiger partial charge < -0.3 is 3.07 Å². The van der Waals surface area contributed by atoms with Crippen molar-refractivity contribution in [2.45, 2.75) is 0 Å². The molecule has 0 saturated heterocycles. The van der Waals surface area contributed by atoms with Crippen molar-refractivity contribution in [3.05, 3.63) is 12.3 Å². The molecule has 0 rings (SSSR count). The minimum absolute atomic E-state index is 1.26. The summed E-state index contributed by atoms with van der Waals surface area (Å²) in [5.41, 5.74) is 0. The van der Waals surface area contributed by atoms with Gasteiger partial charge >= 0.3 is 0 Å². The zero-order valence-corrected chi connectivity index (χ0v) is 5.05. The van der Waals surface area contributed by atoms with E-state index in [9.17, 15) is 0 Å². The van der Waals surface area contributed by atoms with Crippen LogP contribution in [0.5, 0.6) is 0 Å². The molecule has 0 atom stereocenters. The number of nitrogens with zero attached hydrogens (tertiary/aromatic N) is 1. The van der Waals surface area contributed by atoms with Crippen LogP contribution in [0, 0.1) is 11.3 Å². The van der Waals surface area contributed by atoms with Crippen LogP contribution in [0.25, 0.3) is 0 Å². The van der Waals surface area contributed by atoms with Crippen molar-refractivity contribution in [2.75, 3.05) is 0 Å². The van der Waals surface area contributed by atoms with Crippen molar-refractivity contribution in [1.82, 2.24) is 0 Å². The van der Waals surface area contributed by atoms with Crippen LogP contribution in [-0.2, 0) is 3.07 Å². The third kappa shape index (κ3) is 3.76. The lowest BCUT2D eigenvalue weighted by molar-refractivity contribution is 0.637. The highest BCUT2D eigenvalue weighted by Crippen LogP contribution is 1.83. The smallest absolute Gasteiger partial charge is 0.191 e. The predicted molar refractivity (Wildman–Crippen MR) is 29.9 cm³/mol. The number of allylic oxidation sites excluding steroid dienone is 1. The lowest BCUT2D eigenvalue weighted by atomic mass is 10.7. The molecule has 0 aromatic rings. The van der Waals surface area contributed by atoms with E-state index >= 15 is 0 Å². The Hall–Kier alpha value is -0.240. The molecule has 0 saturated carbocycles. The Morgan fingerprint density at radius 1 is 1.83 bits per heavy atom. The van der Waals surface area contributed by atoms with E-state index in [0.29, 0.717) is 0 Å². The molecule has 0 aliphatic rings. The van der Waals surface area contributed by atoms with Gasteiger partial charge in [-0.05, 0) is 0 Å². The summed E-state index contributed by atoms with van der Waals surface area (Å²) in [4.78, 5) is 0. The molecule has 0 bridgehead atoms. The maximum Gasteiger partial charge on any atom is 0.191 e. The largest absolute Gasteiger partial charge is 0.435 e. The molecule has 0 unspecified atom stereocenters. The average molecular weight is 195 g/mol. The summed E-state index contributed by atoms with van der Waals surface area (Å²) in [5.74, 6) is 0. The summed E-state index contributed by atoms with van der Waals surface area (Å²) in [6.45, 7) is 0. The van der Waals surface area contributed by atoms with E-state index in [-0.39, 0.29) is 0 Å². The van der Waals surface area contributed by atoms with Crippen LogP contribution in [-0.4, -0.2) is 0 Å². The van der Waals surface area contributed by atoms with Gasteiger partial charge in [0, 0.05) is 0 Å². The zero-order valence-electron chi connectivity index (χ0n) is 2.89. The Kier molecular flexibility index (Phi) is 4.57. The highest BCUT2D eigenvalue weighted by Gasteiger charge is 1.57. The Balaban J connectivity index is 3.02. The van der Waals surface area contributed by atoms with E-state index in [1.54, 1.807) is 29.1 Å². The molecule has 2 nitrogen and oxygen atoms in total. The maximum atomic E-state index is 7.78. The van der Waals surface area contributed by atoms with E-state index in [2.05, 4.69) is 3.07 Å². The second-order valence-electron chi connectivity index (χ2n) is 0.521. The molecule has 0 radical (unpaired) electrons. The topological polar surface area (TPSA) is 33.0 Å². The van der Waals surface area contributed by atoms with Crippen molar-refractivity contribution in [2.24, 2.45) is 0 Å². The van der Waals surface area contributed by atoms with E-state index in [4.69, 9.17) is 5.26 Å².